The van der Waals surface area contributed by atoms with Crippen molar-refractivity contribution in [3.63, 3.8) is 0 Å². The maximum Gasteiger partial charge on any atom is 0.234 e. The summed E-state index contributed by atoms with van der Waals surface area (Å²) < 4.78 is 26.8. The Morgan fingerprint density at radius 1 is 1.42 bits per heavy atom. The van der Waals surface area contributed by atoms with Gasteiger partial charge in [0.05, 0.1) is 5.75 Å². The molecule has 0 amide bonds. The lowest BCUT2D eigenvalue weighted by molar-refractivity contribution is 0.404. The van der Waals surface area contributed by atoms with Crippen LogP contribution in [-0.2, 0) is 10.0 Å². The largest absolute Gasteiger partial charge is 0.316 e. The van der Waals surface area contributed by atoms with E-state index in [4.69, 9.17) is 0 Å². The zero-order valence-corrected chi connectivity index (χ0v) is 12.3. The number of aryl methyl sites for hydroxylation is 2. The van der Waals surface area contributed by atoms with E-state index >= 15 is 0 Å². The van der Waals surface area contributed by atoms with Crippen molar-refractivity contribution in [2.75, 3.05) is 23.6 Å². The quantitative estimate of drug-likeness (QED) is 0.877. The Balaban J connectivity index is 2.03. The van der Waals surface area contributed by atoms with Gasteiger partial charge in [0.25, 0.3) is 0 Å². The lowest BCUT2D eigenvalue weighted by Crippen LogP contribution is -2.35. The fourth-order valence-corrected chi connectivity index (χ4v) is 3.88. The molecule has 106 valence electrons. The second-order valence-corrected chi connectivity index (χ2v) is 7.03. The van der Waals surface area contributed by atoms with E-state index in [-0.39, 0.29) is 11.7 Å². The van der Waals surface area contributed by atoms with Crippen LogP contribution in [0.2, 0.25) is 0 Å². The highest BCUT2D eigenvalue weighted by molar-refractivity contribution is 7.92. The molecule has 1 unspecified atom stereocenters. The van der Waals surface area contributed by atoms with E-state index in [1.54, 1.807) is 6.07 Å². The number of hydrogen-bond acceptors (Lipinski definition) is 4. The van der Waals surface area contributed by atoms with Crippen LogP contribution in [0.3, 0.4) is 0 Å². The highest BCUT2D eigenvalue weighted by Crippen LogP contribution is 2.15. The summed E-state index contributed by atoms with van der Waals surface area (Å²) in [6, 6.07) is 3.67. The van der Waals surface area contributed by atoms with Gasteiger partial charge in [0.1, 0.15) is 5.82 Å². The summed E-state index contributed by atoms with van der Waals surface area (Å²) in [4.78, 5) is 4.21. The molecule has 2 rings (SSSR count). The molecule has 1 aliphatic rings. The molecule has 0 bridgehead atoms. The predicted molar refractivity (Wildman–Crippen MR) is 76.7 cm³/mol. The SMILES string of the molecule is Cc1cc(C)nc(NS(=O)(=O)CC2CCCNC2)c1. The molecule has 2 N–H and O–H groups in total. The van der Waals surface area contributed by atoms with Crippen LogP contribution >= 0.6 is 0 Å². The summed E-state index contributed by atoms with van der Waals surface area (Å²) in [5.74, 6) is 0.771. The molecule has 1 saturated heterocycles. The van der Waals surface area contributed by atoms with Crippen molar-refractivity contribution in [3.05, 3.63) is 23.4 Å². The van der Waals surface area contributed by atoms with Gasteiger partial charge in [0.15, 0.2) is 0 Å². The van der Waals surface area contributed by atoms with Gasteiger partial charge in [-0.2, -0.15) is 0 Å². The van der Waals surface area contributed by atoms with Gasteiger partial charge < -0.3 is 5.32 Å². The van der Waals surface area contributed by atoms with Crippen LogP contribution in [0, 0.1) is 19.8 Å². The fourth-order valence-electron chi connectivity index (χ4n) is 2.47. The molecular weight excluding hydrogens is 262 g/mol. The van der Waals surface area contributed by atoms with Crippen molar-refractivity contribution < 1.29 is 8.42 Å². The van der Waals surface area contributed by atoms with Crippen LogP contribution in [0.25, 0.3) is 0 Å². The third-order valence-electron chi connectivity index (χ3n) is 3.21. The first kappa shape index (κ1) is 14.3. The number of anilines is 1. The zero-order chi connectivity index (χ0) is 13.9. The van der Waals surface area contributed by atoms with Gasteiger partial charge in [-0.15, -0.1) is 0 Å². The number of pyridine rings is 1. The van der Waals surface area contributed by atoms with Gasteiger partial charge in [0.2, 0.25) is 10.0 Å². The Bertz CT molecular complexity index is 517. The van der Waals surface area contributed by atoms with Crippen molar-refractivity contribution in [2.45, 2.75) is 26.7 Å². The minimum Gasteiger partial charge on any atom is -0.316 e. The topological polar surface area (TPSA) is 71.1 Å². The average Bonchev–Trinajstić information content (AvgIpc) is 2.27. The minimum absolute atomic E-state index is 0.161. The Kier molecular flexibility index (Phi) is 4.42. The van der Waals surface area contributed by atoms with Crippen LogP contribution in [0.5, 0.6) is 0 Å². The monoisotopic (exact) mass is 283 g/mol. The highest BCUT2D eigenvalue weighted by Gasteiger charge is 2.21. The molecule has 1 aromatic heterocycles. The first-order valence-electron chi connectivity index (χ1n) is 6.61. The van der Waals surface area contributed by atoms with Crippen LogP contribution in [0.4, 0.5) is 5.82 Å². The zero-order valence-electron chi connectivity index (χ0n) is 11.4. The van der Waals surface area contributed by atoms with Gasteiger partial charge in [-0.25, -0.2) is 13.4 Å². The molecule has 1 fully saturated rings. The molecule has 0 aromatic carbocycles. The van der Waals surface area contributed by atoms with Crippen LogP contribution < -0.4 is 10.0 Å². The Hall–Kier alpha value is -1.14. The van der Waals surface area contributed by atoms with Crippen LogP contribution in [0.15, 0.2) is 12.1 Å². The average molecular weight is 283 g/mol. The Labute approximate surface area is 114 Å². The molecule has 0 radical (unpaired) electrons. The lowest BCUT2D eigenvalue weighted by atomic mass is 10.0. The van der Waals surface area contributed by atoms with Crippen LogP contribution in [0.1, 0.15) is 24.1 Å². The molecule has 0 saturated carbocycles. The van der Waals surface area contributed by atoms with Crippen molar-refractivity contribution >= 4 is 15.8 Å². The van der Waals surface area contributed by atoms with Crippen molar-refractivity contribution in [2.24, 2.45) is 5.92 Å². The standard InChI is InChI=1S/C13H21N3O2S/c1-10-6-11(2)15-13(7-10)16-19(17,18)9-12-4-3-5-14-8-12/h6-7,12,14H,3-5,8-9H2,1-2H3,(H,15,16). The Morgan fingerprint density at radius 2 is 2.21 bits per heavy atom. The number of nitrogens with zero attached hydrogens (tertiary/aromatic N) is 1. The van der Waals surface area contributed by atoms with E-state index in [0.717, 1.165) is 37.2 Å². The van der Waals surface area contributed by atoms with E-state index in [1.165, 1.54) is 0 Å². The molecule has 2 heterocycles. The number of aromatic nitrogens is 1. The van der Waals surface area contributed by atoms with E-state index in [1.807, 2.05) is 19.9 Å². The predicted octanol–water partition coefficient (Wildman–Crippen LogP) is 1.44. The number of rotatable bonds is 4. The van der Waals surface area contributed by atoms with E-state index < -0.39 is 10.0 Å². The minimum atomic E-state index is -3.32. The summed E-state index contributed by atoms with van der Waals surface area (Å²) >= 11 is 0. The number of hydrogen-bond donors (Lipinski definition) is 2. The molecule has 1 aliphatic heterocycles. The molecule has 0 spiro atoms. The van der Waals surface area contributed by atoms with E-state index in [9.17, 15) is 8.42 Å². The summed E-state index contributed by atoms with van der Waals surface area (Å²) in [6.07, 6.45) is 2.01. The summed E-state index contributed by atoms with van der Waals surface area (Å²) in [5, 5.41) is 3.23. The maximum atomic E-state index is 12.1. The molecule has 6 heteroatoms. The van der Waals surface area contributed by atoms with E-state index in [0.29, 0.717) is 5.82 Å². The van der Waals surface area contributed by atoms with Crippen molar-refractivity contribution in [1.29, 1.82) is 0 Å². The third-order valence-corrected chi connectivity index (χ3v) is 4.64. The smallest absolute Gasteiger partial charge is 0.234 e. The third kappa shape index (κ3) is 4.47. The molecule has 0 aliphatic carbocycles. The molecular formula is C13H21N3O2S. The second kappa shape index (κ2) is 5.88. The molecule has 1 atom stereocenters. The van der Waals surface area contributed by atoms with Crippen molar-refractivity contribution in [3.8, 4) is 0 Å². The highest BCUT2D eigenvalue weighted by atomic mass is 32.2. The summed E-state index contributed by atoms with van der Waals surface area (Å²) in [5.41, 5.74) is 1.82. The number of nitrogens with one attached hydrogen (secondary N) is 2. The number of sulfonamides is 1. The molecule has 19 heavy (non-hydrogen) atoms. The summed E-state index contributed by atoms with van der Waals surface area (Å²) in [7, 11) is -3.32. The molecule has 5 nitrogen and oxygen atoms in total. The molecule has 1 aromatic rings. The first-order chi connectivity index (χ1) is 8.94. The summed E-state index contributed by atoms with van der Waals surface area (Å²) in [6.45, 7) is 5.55. The van der Waals surface area contributed by atoms with Crippen molar-refractivity contribution in [1.82, 2.24) is 10.3 Å². The maximum absolute atomic E-state index is 12.1. The van der Waals surface area contributed by atoms with Gasteiger partial charge in [0, 0.05) is 5.69 Å². The van der Waals surface area contributed by atoms with E-state index in [2.05, 4.69) is 15.0 Å². The van der Waals surface area contributed by atoms with Gasteiger partial charge >= 0.3 is 0 Å². The first-order valence-corrected chi connectivity index (χ1v) is 8.26. The Morgan fingerprint density at radius 3 is 2.84 bits per heavy atom. The van der Waals surface area contributed by atoms with Gasteiger partial charge in [-0.1, -0.05) is 0 Å². The normalized spacial score (nSPS) is 20.2. The van der Waals surface area contributed by atoms with Crippen LogP contribution in [-0.4, -0.2) is 32.2 Å². The second-order valence-electron chi connectivity index (χ2n) is 5.27. The number of piperidine rings is 1. The van der Waals surface area contributed by atoms with Gasteiger partial charge in [-0.05, 0) is 63.4 Å². The lowest BCUT2D eigenvalue weighted by Gasteiger charge is -2.22. The van der Waals surface area contributed by atoms with Gasteiger partial charge in [-0.3, -0.25) is 4.72 Å². The fraction of sp³-hybridized carbons (Fsp3) is 0.615.